The first-order valence-electron chi connectivity index (χ1n) is 6.45. The van der Waals surface area contributed by atoms with Crippen LogP contribution in [0.2, 0.25) is 10.0 Å². The minimum absolute atomic E-state index is 0.495. The SMILES string of the molecule is CCNc1nc(Nc2ccc(C)c(C)c2)c(Cl)cc1Cl. The Hall–Kier alpha value is -1.45. The summed E-state index contributed by atoms with van der Waals surface area (Å²) in [6.45, 7) is 6.89. The summed E-state index contributed by atoms with van der Waals surface area (Å²) >= 11 is 12.3. The number of hydrogen-bond acceptors (Lipinski definition) is 3. The lowest BCUT2D eigenvalue weighted by Gasteiger charge is -2.12. The fraction of sp³-hybridized carbons (Fsp3) is 0.267. The third-order valence-electron chi connectivity index (χ3n) is 3.04. The largest absolute Gasteiger partial charge is 0.369 e. The molecule has 0 atom stereocenters. The number of benzene rings is 1. The van der Waals surface area contributed by atoms with Crippen LogP contribution in [-0.2, 0) is 0 Å². The zero-order valence-electron chi connectivity index (χ0n) is 11.7. The van der Waals surface area contributed by atoms with Gasteiger partial charge in [0.25, 0.3) is 0 Å². The van der Waals surface area contributed by atoms with Crippen LogP contribution in [0.4, 0.5) is 17.3 Å². The Labute approximate surface area is 129 Å². The summed E-state index contributed by atoms with van der Waals surface area (Å²) in [5, 5.41) is 7.34. The molecule has 0 aliphatic heterocycles. The average molecular weight is 310 g/mol. The van der Waals surface area contributed by atoms with E-state index in [4.69, 9.17) is 23.2 Å². The molecule has 20 heavy (non-hydrogen) atoms. The lowest BCUT2D eigenvalue weighted by atomic mass is 10.1. The summed E-state index contributed by atoms with van der Waals surface area (Å²) in [7, 11) is 0. The molecule has 0 aliphatic rings. The van der Waals surface area contributed by atoms with Gasteiger partial charge in [-0.05, 0) is 50.1 Å². The first-order valence-corrected chi connectivity index (χ1v) is 7.21. The summed E-state index contributed by atoms with van der Waals surface area (Å²) in [5.74, 6) is 1.22. The molecule has 1 heterocycles. The van der Waals surface area contributed by atoms with Crippen molar-refractivity contribution in [2.45, 2.75) is 20.8 Å². The van der Waals surface area contributed by atoms with E-state index in [0.717, 1.165) is 12.2 Å². The minimum atomic E-state index is 0.495. The average Bonchev–Trinajstić information content (AvgIpc) is 2.39. The summed E-state index contributed by atoms with van der Waals surface area (Å²) in [4.78, 5) is 4.42. The van der Waals surface area contributed by atoms with Crippen LogP contribution in [0.15, 0.2) is 24.3 Å². The molecule has 3 nitrogen and oxygen atoms in total. The standard InChI is InChI=1S/C15H17Cl2N3/c1-4-18-14-12(16)8-13(17)15(20-14)19-11-6-5-9(2)10(3)7-11/h5-8H,4H2,1-3H3,(H2,18,19,20). The van der Waals surface area contributed by atoms with E-state index in [1.54, 1.807) is 6.07 Å². The summed E-state index contributed by atoms with van der Waals surface area (Å²) < 4.78 is 0. The molecule has 5 heteroatoms. The highest BCUT2D eigenvalue weighted by molar-refractivity contribution is 6.37. The highest BCUT2D eigenvalue weighted by atomic mass is 35.5. The van der Waals surface area contributed by atoms with E-state index in [9.17, 15) is 0 Å². The number of aromatic nitrogens is 1. The number of hydrogen-bond donors (Lipinski definition) is 2. The molecule has 0 saturated heterocycles. The van der Waals surface area contributed by atoms with Gasteiger partial charge in [-0.2, -0.15) is 0 Å². The van der Waals surface area contributed by atoms with Crippen molar-refractivity contribution in [1.29, 1.82) is 0 Å². The van der Waals surface area contributed by atoms with Gasteiger partial charge in [-0.15, -0.1) is 0 Å². The van der Waals surface area contributed by atoms with Gasteiger partial charge in [0.05, 0.1) is 10.0 Å². The normalized spacial score (nSPS) is 10.4. The molecule has 0 fully saturated rings. The molecule has 0 saturated carbocycles. The predicted molar refractivity (Wildman–Crippen MR) is 87.6 cm³/mol. The van der Waals surface area contributed by atoms with E-state index in [1.807, 2.05) is 13.0 Å². The Morgan fingerprint density at radius 3 is 2.35 bits per heavy atom. The maximum atomic E-state index is 6.19. The van der Waals surface area contributed by atoms with Crippen molar-refractivity contribution < 1.29 is 0 Å². The fourth-order valence-corrected chi connectivity index (χ4v) is 2.27. The summed E-state index contributed by atoms with van der Waals surface area (Å²) in [6.07, 6.45) is 0. The third kappa shape index (κ3) is 3.35. The molecule has 1 aromatic heterocycles. The van der Waals surface area contributed by atoms with Crippen LogP contribution in [0, 0.1) is 13.8 Å². The molecular formula is C15H17Cl2N3. The van der Waals surface area contributed by atoms with E-state index in [1.165, 1.54) is 11.1 Å². The monoisotopic (exact) mass is 309 g/mol. The van der Waals surface area contributed by atoms with E-state index in [-0.39, 0.29) is 0 Å². The van der Waals surface area contributed by atoms with Crippen LogP contribution >= 0.6 is 23.2 Å². The van der Waals surface area contributed by atoms with Crippen LogP contribution in [0.5, 0.6) is 0 Å². The molecule has 106 valence electrons. The van der Waals surface area contributed by atoms with Gasteiger partial charge in [-0.3, -0.25) is 0 Å². The minimum Gasteiger partial charge on any atom is -0.369 e. The second-order valence-electron chi connectivity index (χ2n) is 4.60. The Morgan fingerprint density at radius 2 is 1.70 bits per heavy atom. The number of halogens is 2. The second kappa shape index (κ2) is 6.33. The molecule has 0 aliphatic carbocycles. The van der Waals surface area contributed by atoms with Crippen molar-refractivity contribution >= 4 is 40.5 Å². The van der Waals surface area contributed by atoms with Gasteiger partial charge in [0, 0.05) is 12.2 Å². The highest BCUT2D eigenvalue weighted by Gasteiger charge is 2.09. The number of pyridine rings is 1. The number of aryl methyl sites for hydroxylation is 2. The van der Waals surface area contributed by atoms with Crippen LogP contribution < -0.4 is 10.6 Å². The van der Waals surface area contributed by atoms with Crippen molar-refractivity contribution in [3.8, 4) is 0 Å². The van der Waals surface area contributed by atoms with Gasteiger partial charge in [-0.1, -0.05) is 29.3 Å². The van der Waals surface area contributed by atoms with Gasteiger partial charge in [0.15, 0.2) is 5.82 Å². The number of anilines is 3. The lowest BCUT2D eigenvalue weighted by Crippen LogP contribution is -2.03. The Bertz CT molecular complexity index is 627. The molecule has 0 radical (unpaired) electrons. The molecule has 0 amide bonds. The van der Waals surface area contributed by atoms with Gasteiger partial charge >= 0.3 is 0 Å². The Kier molecular flexibility index (Phi) is 4.73. The quantitative estimate of drug-likeness (QED) is 0.817. The van der Waals surface area contributed by atoms with Crippen molar-refractivity contribution in [3.63, 3.8) is 0 Å². The second-order valence-corrected chi connectivity index (χ2v) is 5.42. The molecule has 0 spiro atoms. The first kappa shape index (κ1) is 14.9. The van der Waals surface area contributed by atoms with E-state index < -0.39 is 0 Å². The lowest BCUT2D eigenvalue weighted by molar-refractivity contribution is 1.16. The van der Waals surface area contributed by atoms with E-state index in [2.05, 4.69) is 41.6 Å². The zero-order chi connectivity index (χ0) is 14.7. The topological polar surface area (TPSA) is 37.0 Å². The van der Waals surface area contributed by atoms with E-state index in [0.29, 0.717) is 21.7 Å². The molecule has 0 bridgehead atoms. The highest BCUT2D eigenvalue weighted by Crippen LogP contribution is 2.31. The predicted octanol–water partition coefficient (Wildman–Crippen LogP) is 5.18. The van der Waals surface area contributed by atoms with Crippen LogP contribution in [-0.4, -0.2) is 11.5 Å². The van der Waals surface area contributed by atoms with Crippen LogP contribution in [0.1, 0.15) is 18.1 Å². The Morgan fingerprint density at radius 1 is 1.00 bits per heavy atom. The maximum Gasteiger partial charge on any atom is 0.151 e. The summed E-state index contributed by atoms with van der Waals surface area (Å²) in [6, 6.07) is 7.82. The molecule has 2 N–H and O–H groups in total. The van der Waals surface area contributed by atoms with Gasteiger partial charge in [-0.25, -0.2) is 4.98 Å². The van der Waals surface area contributed by atoms with Crippen molar-refractivity contribution in [3.05, 3.63) is 45.4 Å². The molecule has 2 rings (SSSR count). The van der Waals surface area contributed by atoms with Gasteiger partial charge in [0.1, 0.15) is 5.82 Å². The van der Waals surface area contributed by atoms with Crippen LogP contribution in [0.3, 0.4) is 0 Å². The number of nitrogens with zero attached hydrogens (tertiary/aromatic N) is 1. The Balaban J connectivity index is 2.32. The van der Waals surface area contributed by atoms with Crippen LogP contribution in [0.25, 0.3) is 0 Å². The van der Waals surface area contributed by atoms with Gasteiger partial charge in [0.2, 0.25) is 0 Å². The number of nitrogens with one attached hydrogen (secondary N) is 2. The smallest absolute Gasteiger partial charge is 0.151 e. The van der Waals surface area contributed by atoms with Crippen molar-refractivity contribution in [1.82, 2.24) is 4.98 Å². The first-order chi connectivity index (χ1) is 9.51. The maximum absolute atomic E-state index is 6.19. The van der Waals surface area contributed by atoms with E-state index >= 15 is 0 Å². The molecule has 1 aromatic carbocycles. The summed E-state index contributed by atoms with van der Waals surface area (Å²) in [5.41, 5.74) is 3.42. The number of rotatable bonds is 4. The molecule has 2 aromatic rings. The third-order valence-corrected chi connectivity index (χ3v) is 3.62. The van der Waals surface area contributed by atoms with Crippen molar-refractivity contribution in [2.24, 2.45) is 0 Å². The molecule has 0 unspecified atom stereocenters. The van der Waals surface area contributed by atoms with Gasteiger partial charge < -0.3 is 10.6 Å². The molecular weight excluding hydrogens is 293 g/mol. The zero-order valence-corrected chi connectivity index (χ0v) is 13.2. The van der Waals surface area contributed by atoms with Crippen molar-refractivity contribution in [2.75, 3.05) is 17.2 Å². The fourth-order valence-electron chi connectivity index (χ4n) is 1.80.